The third-order valence-electron chi connectivity index (χ3n) is 0.920. The average molecular weight is 121 g/mol. The van der Waals surface area contributed by atoms with Crippen molar-refractivity contribution in [2.75, 3.05) is 0 Å². The Hall–Kier alpha value is -0.960. The molecule has 1 heterocycles. The summed E-state index contributed by atoms with van der Waals surface area (Å²) in [6.45, 7) is 0.612. The predicted octanol–water partition coefficient (Wildman–Crippen LogP) is 0.235. The number of rotatable bonds is 2. The summed E-state index contributed by atoms with van der Waals surface area (Å²) in [6, 6.07) is 0. The first-order valence-electron chi connectivity index (χ1n) is 2.61. The van der Waals surface area contributed by atoms with Gasteiger partial charge in [-0.05, 0) is 0 Å². The lowest BCUT2D eigenvalue weighted by molar-refractivity contribution is 0.850. The molecule has 0 saturated heterocycles. The van der Waals surface area contributed by atoms with Crippen LogP contribution in [0.4, 0.5) is 0 Å². The van der Waals surface area contributed by atoms with Gasteiger partial charge in [0, 0.05) is 31.5 Å². The van der Waals surface area contributed by atoms with Crippen LogP contribution in [0.3, 0.4) is 0 Å². The second kappa shape index (κ2) is 3.14. The molecule has 0 aliphatic rings. The zero-order valence-electron chi connectivity index (χ0n) is 4.91. The molecule has 0 unspecified atom stereocenters. The summed E-state index contributed by atoms with van der Waals surface area (Å²) in [5.74, 6) is 0. The van der Waals surface area contributed by atoms with Crippen molar-refractivity contribution in [3.8, 4) is 0 Å². The zero-order chi connectivity index (χ0) is 6.53. The van der Waals surface area contributed by atoms with Crippen molar-refractivity contribution in [3.63, 3.8) is 0 Å². The van der Waals surface area contributed by atoms with Gasteiger partial charge in [-0.25, -0.2) is 9.97 Å². The Morgan fingerprint density at radius 1 is 1.44 bits per heavy atom. The van der Waals surface area contributed by atoms with E-state index in [2.05, 4.69) is 15.3 Å². The summed E-state index contributed by atoms with van der Waals surface area (Å²) >= 11 is 0. The van der Waals surface area contributed by atoms with Crippen molar-refractivity contribution >= 4 is 0 Å². The van der Waals surface area contributed by atoms with Gasteiger partial charge < -0.3 is 5.32 Å². The molecule has 1 rings (SSSR count). The van der Waals surface area contributed by atoms with Crippen LogP contribution in [0.15, 0.2) is 18.7 Å². The summed E-state index contributed by atoms with van der Waals surface area (Å²) in [5.41, 5.74) is 0.986. The largest absolute Gasteiger partial charge is 0.307 e. The van der Waals surface area contributed by atoms with E-state index in [0.29, 0.717) is 6.54 Å². The Balaban J connectivity index is 2.61. The number of aromatic nitrogens is 2. The fraction of sp³-hybridized carbons (Fsp3) is 0.167. The molecule has 0 atom stereocenters. The molecule has 1 N–H and O–H groups in total. The van der Waals surface area contributed by atoms with Crippen LogP contribution in [-0.4, -0.2) is 9.97 Å². The minimum Gasteiger partial charge on any atom is -0.307 e. The van der Waals surface area contributed by atoms with E-state index in [0.717, 1.165) is 5.56 Å². The van der Waals surface area contributed by atoms with E-state index >= 15 is 0 Å². The summed E-state index contributed by atoms with van der Waals surface area (Å²) in [5, 5.41) is 2.50. The van der Waals surface area contributed by atoms with Gasteiger partial charge in [0.05, 0.1) is 0 Å². The third-order valence-corrected chi connectivity index (χ3v) is 0.920. The molecule has 3 heteroatoms. The summed E-state index contributed by atoms with van der Waals surface area (Å²) in [4.78, 5) is 7.59. The van der Waals surface area contributed by atoms with E-state index in [4.69, 9.17) is 7.05 Å². The maximum absolute atomic E-state index is 5.05. The lowest BCUT2D eigenvalue weighted by Crippen LogP contribution is -2.02. The summed E-state index contributed by atoms with van der Waals surface area (Å²) in [6.07, 6.45) is 4.92. The fourth-order valence-corrected chi connectivity index (χ4v) is 0.539. The maximum Gasteiger partial charge on any atom is 0.115 e. The lowest BCUT2D eigenvalue weighted by Gasteiger charge is -1.93. The Bertz CT molecular complexity index is 161. The van der Waals surface area contributed by atoms with E-state index in [1.54, 1.807) is 12.4 Å². The van der Waals surface area contributed by atoms with Crippen molar-refractivity contribution in [2.24, 2.45) is 0 Å². The third kappa shape index (κ3) is 1.77. The first kappa shape index (κ1) is 6.16. The molecule has 3 nitrogen and oxygen atoms in total. The van der Waals surface area contributed by atoms with Crippen LogP contribution < -0.4 is 5.32 Å². The second-order valence-corrected chi connectivity index (χ2v) is 1.63. The number of nitrogens with one attached hydrogen (secondary N) is 1. The fourth-order valence-electron chi connectivity index (χ4n) is 0.539. The van der Waals surface area contributed by atoms with Crippen LogP contribution in [0.25, 0.3) is 0 Å². The number of hydrogen-bond donors (Lipinski definition) is 1. The van der Waals surface area contributed by atoms with Gasteiger partial charge >= 0.3 is 0 Å². The number of nitrogens with zero attached hydrogens (tertiary/aromatic N) is 2. The lowest BCUT2D eigenvalue weighted by atomic mass is 10.3. The molecule has 46 valence electrons. The van der Waals surface area contributed by atoms with E-state index in [1.165, 1.54) is 6.33 Å². The summed E-state index contributed by atoms with van der Waals surface area (Å²) in [7, 11) is 5.05. The molecule has 2 radical (unpaired) electrons. The molecule has 0 aliphatic carbocycles. The van der Waals surface area contributed by atoms with Crippen LogP contribution in [-0.2, 0) is 6.54 Å². The molecule has 0 saturated carbocycles. The van der Waals surface area contributed by atoms with Crippen LogP contribution in [0.1, 0.15) is 5.56 Å². The Morgan fingerprint density at radius 2 is 2.11 bits per heavy atom. The minimum absolute atomic E-state index is 0.612. The first-order valence-corrected chi connectivity index (χ1v) is 2.61. The number of hydrogen-bond acceptors (Lipinski definition) is 3. The van der Waals surface area contributed by atoms with Gasteiger partial charge in [0.1, 0.15) is 6.33 Å². The van der Waals surface area contributed by atoms with Crippen LogP contribution in [0, 0.1) is 7.05 Å². The molecule has 0 spiro atoms. The Kier molecular flexibility index (Phi) is 2.15. The van der Waals surface area contributed by atoms with Gasteiger partial charge in [0.15, 0.2) is 0 Å². The van der Waals surface area contributed by atoms with E-state index in [9.17, 15) is 0 Å². The minimum atomic E-state index is 0.612. The predicted molar refractivity (Wildman–Crippen MR) is 33.2 cm³/mol. The van der Waals surface area contributed by atoms with Gasteiger partial charge in [0.25, 0.3) is 0 Å². The molecule has 0 fully saturated rings. The van der Waals surface area contributed by atoms with Crippen LogP contribution in [0.2, 0.25) is 0 Å². The van der Waals surface area contributed by atoms with Crippen LogP contribution >= 0.6 is 0 Å². The molecule has 1 aromatic heterocycles. The van der Waals surface area contributed by atoms with E-state index < -0.39 is 0 Å². The molecule has 1 aromatic rings. The molecular weight excluding hydrogens is 114 g/mol. The quantitative estimate of drug-likeness (QED) is 0.569. The standard InChI is InChI=1S/C6H7N3/c1-7-2-6-3-8-5-9-4-6/h1,3-5,7H,2H2. The van der Waals surface area contributed by atoms with Crippen molar-refractivity contribution in [3.05, 3.63) is 31.3 Å². The zero-order valence-corrected chi connectivity index (χ0v) is 4.91. The van der Waals surface area contributed by atoms with Gasteiger partial charge in [-0.1, -0.05) is 0 Å². The van der Waals surface area contributed by atoms with Crippen molar-refractivity contribution in [1.82, 2.24) is 15.3 Å². The Morgan fingerprint density at radius 3 is 2.67 bits per heavy atom. The van der Waals surface area contributed by atoms with Crippen molar-refractivity contribution < 1.29 is 0 Å². The second-order valence-electron chi connectivity index (χ2n) is 1.63. The average Bonchev–Trinajstić information content (AvgIpc) is 1.91. The smallest absolute Gasteiger partial charge is 0.115 e. The monoisotopic (exact) mass is 121 g/mol. The summed E-state index contributed by atoms with van der Waals surface area (Å²) < 4.78 is 0. The molecule has 9 heavy (non-hydrogen) atoms. The highest BCUT2D eigenvalue weighted by atomic mass is 14.8. The highest BCUT2D eigenvalue weighted by Gasteiger charge is 1.85. The van der Waals surface area contributed by atoms with Gasteiger partial charge in [-0.15, -0.1) is 0 Å². The van der Waals surface area contributed by atoms with Gasteiger partial charge in [-0.3, -0.25) is 0 Å². The molecule has 0 bridgehead atoms. The van der Waals surface area contributed by atoms with Crippen molar-refractivity contribution in [1.29, 1.82) is 0 Å². The normalized spacial score (nSPS) is 9.44. The SMILES string of the molecule is [CH]NCc1cncnc1. The molecule has 0 amide bonds. The Labute approximate surface area is 54.2 Å². The first-order chi connectivity index (χ1) is 4.43. The molecule has 0 aromatic carbocycles. The van der Waals surface area contributed by atoms with Crippen molar-refractivity contribution in [2.45, 2.75) is 6.54 Å². The molecular formula is C6H7N3. The van der Waals surface area contributed by atoms with Gasteiger partial charge in [0.2, 0.25) is 0 Å². The molecule has 0 aliphatic heterocycles. The van der Waals surface area contributed by atoms with E-state index in [1.807, 2.05) is 0 Å². The highest BCUT2D eigenvalue weighted by molar-refractivity contribution is 5.01. The topological polar surface area (TPSA) is 37.8 Å². The van der Waals surface area contributed by atoms with Crippen LogP contribution in [0.5, 0.6) is 0 Å². The highest BCUT2D eigenvalue weighted by Crippen LogP contribution is 1.89. The maximum atomic E-state index is 5.05. The van der Waals surface area contributed by atoms with Gasteiger partial charge in [-0.2, -0.15) is 0 Å². The van der Waals surface area contributed by atoms with E-state index in [-0.39, 0.29) is 0 Å².